The number of halogens is 1. The third kappa shape index (κ3) is 4.34. The van der Waals surface area contributed by atoms with Crippen LogP contribution in [0.2, 0.25) is 0 Å². The summed E-state index contributed by atoms with van der Waals surface area (Å²) in [5.41, 5.74) is 0. The van der Waals surface area contributed by atoms with Crippen LogP contribution in [0.4, 0.5) is 4.39 Å². The summed E-state index contributed by atoms with van der Waals surface area (Å²) in [5, 5.41) is 0. The molecule has 1 fully saturated rings. The molecule has 0 saturated carbocycles. The van der Waals surface area contributed by atoms with Crippen LogP contribution < -0.4 is 14.2 Å². The van der Waals surface area contributed by atoms with E-state index in [0.29, 0.717) is 30.5 Å². The van der Waals surface area contributed by atoms with Crippen molar-refractivity contribution in [2.75, 3.05) is 46.0 Å². The molecule has 2 aliphatic heterocycles. The summed E-state index contributed by atoms with van der Waals surface area (Å²) in [6.45, 7) is 1.49. The van der Waals surface area contributed by atoms with Crippen molar-refractivity contribution in [3.05, 3.63) is 48.3 Å². The molecule has 0 aliphatic carbocycles. The van der Waals surface area contributed by atoms with Crippen molar-refractivity contribution in [1.82, 2.24) is 9.21 Å². The summed E-state index contributed by atoms with van der Waals surface area (Å²) in [5.74, 6) is 0.690. The maximum absolute atomic E-state index is 13.0. The van der Waals surface area contributed by atoms with Crippen molar-refractivity contribution >= 4 is 15.9 Å². The molecule has 4 rings (SSSR count). The molecule has 160 valence electrons. The fourth-order valence-electron chi connectivity index (χ4n) is 3.28. The Kier molecular flexibility index (Phi) is 5.78. The number of hydrogen-bond donors (Lipinski definition) is 0. The number of sulfonamides is 1. The number of ether oxygens (including phenoxy) is 3. The fourth-order valence-corrected chi connectivity index (χ4v) is 4.72. The van der Waals surface area contributed by atoms with Gasteiger partial charge in [0.15, 0.2) is 18.1 Å². The first kappa shape index (κ1) is 20.4. The molecule has 2 heterocycles. The molecule has 0 aromatic heterocycles. The van der Waals surface area contributed by atoms with Gasteiger partial charge in [-0.3, -0.25) is 4.79 Å². The highest BCUT2D eigenvalue weighted by atomic mass is 32.2. The predicted molar refractivity (Wildman–Crippen MR) is 105 cm³/mol. The molecule has 1 amide bonds. The van der Waals surface area contributed by atoms with E-state index in [9.17, 15) is 17.6 Å². The van der Waals surface area contributed by atoms with Gasteiger partial charge in [0.1, 0.15) is 24.8 Å². The number of benzene rings is 2. The second kappa shape index (κ2) is 8.49. The number of piperazine rings is 1. The Morgan fingerprint density at radius 1 is 0.967 bits per heavy atom. The lowest BCUT2D eigenvalue weighted by atomic mass is 10.3. The van der Waals surface area contributed by atoms with E-state index in [1.54, 1.807) is 11.0 Å². The number of carbonyl (C=O) groups excluding carboxylic acids is 1. The van der Waals surface area contributed by atoms with Crippen LogP contribution in [0.1, 0.15) is 0 Å². The highest BCUT2D eigenvalue weighted by Gasteiger charge is 2.31. The van der Waals surface area contributed by atoms with E-state index in [1.807, 2.05) is 0 Å². The second-order valence-corrected chi connectivity index (χ2v) is 8.77. The molecule has 2 aromatic rings. The zero-order chi connectivity index (χ0) is 21.1. The van der Waals surface area contributed by atoms with Gasteiger partial charge in [-0.25, -0.2) is 12.8 Å². The smallest absolute Gasteiger partial charge is 0.260 e. The van der Waals surface area contributed by atoms with E-state index >= 15 is 0 Å². The molecule has 1 saturated heterocycles. The molecule has 30 heavy (non-hydrogen) atoms. The standard InChI is InChI=1S/C20H21FN2O6S/c21-15-1-3-16(4-2-15)29-14-20(24)22-7-9-23(10-8-22)30(25,26)17-5-6-18-19(13-17)28-12-11-27-18/h1-6,13H,7-12,14H2. The lowest BCUT2D eigenvalue weighted by molar-refractivity contribution is -0.134. The zero-order valence-electron chi connectivity index (χ0n) is 16.1. The predicted octanol–water partition coefficient (Wildman–Crippen LogP) is 1.51. The normalized spacial score (nSPS) is 16.9. The summed E-state index contributed by atoms with van der Waals surface area (Å²) < 4.78 is 56.5. The van der Waals surface area contributed by atoms with Gasteiger partial charge in [-0.2, -0.15) is 4.31 Å². The second-order valence-electron chi connectivity index (χ2n) is 6.83. The monoisotopic (exact) mass is 436 g/mol. The van der Waals surface area contributed by atoms with Crippen LogP contribution in [0.25, 0.3) is 0 Å². The van der Waals surface area contributed by atoms with Gasteiger partial charge in [-0.1, -0.05) is 0 Å². The molecule has 2 aromatic carbocycles. The first-order chi connectivity index (χ1) is 14.4. The molecule has 0 atom stereocenters. The summed E-state index contributed by atoms with van der Waals surface area (Å²) in [6.07, 6.45) is 0. The Labute approximate surface area is 173 Å². The van der Waals surface area contributed by atoms with Crippen LogP contribution in [0.3, 0.4) is 0 Å². The summed E-state index contributed by atoms with van der Waals surface area (Å²) in [4.78, 5) is 14.0. The van der Waals surface area contributed by atoms with E-state index in [-0.39, 0.29) is 49.4 Å². The lowest BCUT2D eigenvalue weighted by Gasteiger charge is -2.34. The van der Waals surface area contributed by atoms with Crippen LogP contribution in [-0.2, 0) is 14.8 Å². The minimum absolute atomic E-state index is 0.131. The van der Waals surface area contributed by atoms with E-state index in [4.69, 9.17) is 14.2 Å². The lowest BCUT2D eigenvalue weighted by Crippen LogP contribution is -2.51. The Balaban J connectivity index is 1.34. The molecule has 0 spiro atoms. The molecule has 0 unspecified atom stereocenters. The van der Waals surface area contributed by atoms with Crippen molar-refractivity contribution in [3.8, 4) is 17.2 Å². The molecule has 8 nitrogen and oxygen atoms in total. The quantitative estimate of drug-likeness (QED) is 0.707. The van der Waals surface area contributed by atoms with Crippen molar-refractivity contribution in [2.24, 2.45) is 0 Å². The highest BCUT2D eigenvalue weighted by molar-refractivity contribution is 7.89. The SMILES string of the molecule is O=C(COc1ccc(F)cc1)N1CCN(S(=O)(=O)c2ccc3c(c2)OCCO3)CC1. The minimum Gasteiger partial charge on any atom is -0.486 e. The van der Waals surface area contributed by atoms with Gasteiger partial charge >= 0.3 is 0 Å². The Morgan fingerprint density at radius 3 is 2.33 bits per heavy atom. The Morgan fingerprint density at radius 2 is 1.63 bits per heavy atom. The van der Waals surface area contributed by atoms with Gasteiger partial charge in [0.05, 0.1) is 4.90 Å². The number of hydrogen-bond acceptors (Lipinski definition) is 6. The van der Waals surface area contributed by atoms with E-state index in [0.717, 1.165) is 0 Å². The third-order valence-electron chi connectivity index (χ3n) is 4.92. The van der Waals surface area contributed by atoms with Crippen molar-refractivity contribution in [1.29, 1.82) is 0 Å². The van der Waals surface area contributed by atoms with Crippen LogP contribution >= 0.6 is 0 Å². The maximum Gasteiger partial charge on any atom is 0.260 e. The van der Waals surface area contributed by atoms with Crippen molar-refractivity contribution in [3.63, 3.8) is 0 Å². The average molecular weight is 436 g/mol. The van der Waals surface area contributed by atoms with Gasteiger partial charge in [0.2, 0.25) is 10.0 Å². The number of rotatable bonds is 5. The molecular formula is C20H21FN2O6S. The number of amides is 1. The van der Waals surface area contributed by atoms with Crippen LogP contribution in [0.15, 0.2) is 47.4 Å². The Hall–Kier alpha value is -2.85. The molecule has 0 N–H and O–H groups in total. The molecular weight excluding hydrogens is 415 g/mol. The largest absolute Gasteiger partial charge is 0.486 e. The first-order valence-corrected chi connectivity index (χ1v) is 10.9. The van der Waals surface area contributed by atoms with Crippen molar-refractivity contribution in [2.45, 2.75) is 4.90 Å². The summed E-state index contributed by atoms with van der Waals surface area (Å²) in [6, 6.07) is 9.95. The van der Waals surface area contributed by atoms with Crippen LogP contribution in [-0.4, -0.2) is 69.5 Å². The maximum atomic E-state index is 13.0. The third-order valence-corrected chi connectivity index (χ3v) is 6.81. The van der Waals surface area contributed by atoms with Crippen LogP contribution in [0, 0.1) is 5.82 Å². The average Bonchev–Trinajstić information content (AvgIpc) is 2.78. The fraction of sp³-hybridized carbons (Fsp3) is 0.350. The van der Waals surface area contributed by atoms with Gasteiger partial charge in [0, 0.05) is 32.2 Å². The zero-order valence-corrected chi connectivity index (χ0v) is 16.9. The number of fused-ring (bicyclic) bond motifs is 1. The minimum atomic E-state index is -3.71. The van der Waals surface area contributed by atoms with Gasteiger partial charge in [-0.15, -0.1) is 0 Å². The van der Waals surface area contributed by atoms with Gasteiger partial charge in [0.25, 0.3) is 5.91 Å². The molecule has 0 bridgehead atoms. The van der Waals surface area contributed by atoms with Crippen molar-refractivity contribution < 1.29 is 31.8 Å². The van der Waals surface area contributed by atoms with E-state index < -0.39 is 10.0 Å². The summed E-state index contributed by atoms with van der Waals surface area (Å²) >= 11 is 0. The van der Waals surface area contributed by atoms with Gasteiger partial charge < -0.3 is 19.1 Å². The number of carbonyl (C=O) groups is 1. The molecule has 10 heteroatoms. The molecule has 2 aliphatic rings. The van der Waals surface area contributed by atoms with E-state index in [2.05, 4.69) is 0 Å². The summed E-state index contributed by atoms with van der Waals surface area (Å²) in [7, 11) is -3.71. The molecule has 0 radical (unpaired) electrons. The van der Waals surface area contributed by atoms with Gasteiger partial charge in [-0.05, 0) is 36.4 Å². The first-order valence-electron chi connectivity index (χ1n) is 9.49. The Bertz CT molecular complexity index is 1020. The topological polar surface area (TPSA) is 85.4 Å². The van der Waals surface area contributed by atoms with E-state index in [1.165, 1.54) is 40.7 Å². The highest BCUT2D eigenvalue weighted by Crippen LogP contribution is 2.33. The number of nitrogens with zero attached hydrogens (tertiary/aromatic N) is 2. The van der Waals surface area contributed by atoms with Crippen LogP contribution in [0.5, 0.6) is 17.2 Å².